The first kappa shape index (κ1) is 15.5. The highest BCUT2D eigenvalue weighted by Gasteiger charge is 2.28. The van der Waals surface area contributed by atoms with Crippen LogP contribution in [0.25, 0.3) is 0 Å². The van der Waals surface area contributed by atoms with Crippen molar-refractivity contribution in [1.29, 1.82) is 0 Å². The topological polar surface area (TPSA) is 32.3 Å². The smallest absolute Gasteiger partial charge is 0.226 e. The Hall–Kier alpha value is -0.570. The summed E-state index contributed by atoms with van der Waals surface area (Å²) in [7, 11) is 1.91. The van der Waals surface area contributed by atoms with Gasteiger partial charge in [0.25, 0.3) is 0 Å². The molecule has 0 heterocycles. The zero-order valence-corrected chi connectivity index (χ0v) is 12.5. The number of nitrogens with one attached hydrogen (secondary N) is 1. The van der Waals surface area contributed by atoms with E-state index in [0.29, 0.717) is 17.9 Å². The first-order valence-electron chi connectivity index (χ1n) is 7.51. The van der Waals surface area contributed by atoms with Crippen molar-refractivity contribution < 1.29 is 4.79 Å². The van der Waals surface area contributed by atoms with Crippen LogP contribution in [-0.2, 0) is 4.79 Å². The van der Waals surface area contributed by atoms with Crippen LogP contribution in [0.3, 0.4) is 0 Å². The largest absolute Gasteiger partial charge is 0.339 e. The minimum Gasteiger partial charge on any atom is -0.339 e. The number of nitrogens with zero attached hydrogens (tertiary/aromatic N) is 1. The third kappa shape index (κ3) is 4.60. The molecule has 1 unspecified atom stereocenters. The zero-order valence-electron chi connectivity index (χ0n) is 12.5. The maximum absolute atomic E-state index is 12.5. The van der Waals surface area contributed by atoms with Gasteiger partial charge in [0, 0.05) is 25.0 Å². The van der Waals surface area contributed by atoms with Gasteiger partial charge in [-0.15, -0.1) is 0 Å². The van der Waals surface area contributed by atoms with E-state index in [0.717, 1.165) is 19.5 Å². The Morgan fingerprint density at radius 3 is 2.39 bits per heavy atom. The van der Waals surface area contributed by atoms with Gasteiger partial charge in [-0.05, 0) is 32.2 Å². The Morgan fingerprint density at radius 2 is 1.89 bits per heavy atom. The number of rotatable bonds is 7. The van der Waals surface area contributed by atoms with E-state index in [2.05, 4.69) is 24.1 Å². The number of hydrogen-bond acceptors (Lipinski definition) is 2. The lowest BCUT2D eigenvalue weighted by atomic mass is 10.1. The van der Waals surface area contributed by atoms with E-state index in [-0.39, 0.29) is 5.92 Å². The van der Waals surface area contributed by atoms with Crippen molar-refractivity contribution in [3.63, 3.8) is 0 Å². The van der Waals surface area contributed by atoms with Crippen molar-refractivity contribution in [2.24, 2.45) is 11.8 Å². The summed E-state index contributed by atoms with van der Waals surface area (Å²) in [6.07, 6.45) is 6.10. The molecule has 18 heavy (non-hydrogen) atoms. The zero-order chi connectivity index (χ0) is 13.5. The molecule has 106 valence electrons. The van der Waals surface area contributed by atoms with E-state index < -0.39 is 0 Å². The third-order valence-electron chi connectivity index (χ3n) is 3.93. The fourth-order valence-corrected chi connectivity index (χ4v) is 2.76. The van der Waals surface area contributed by atoms with Crippen LogP contribution in [0.2, 0.25) is 0 Å². The summed E-state index contributed by atoms with van der Waals surface area (Å²) in [5, 5.41) is 3.11. The van der Waals surface area contributed by atoms with Crippen LogP contribution in [-0.4, -0.2) is 37.0 Å². The molecule has 1 fully saturated rings. The van der Waals surface area contributed by atoms with Gasteiger partial charge in [-0.1, -0.05) is 33.6 Å². The van der Waals surface area contributed by atoms with E-state index in [1.807, 2.05) is 14.0 Å². The summed E-state index contributed by atoms with van der Waals surface area (Å²) in [6.45, 7) is 8.22. The first-order valence-corrected chi connectivity index (χ1v) is 7.51. The van der Waals surface area contributed by atoms with Gasteiger partial charge in [-0.2, -0.15) is 0 Å². The summed E-state index contributed by atoms with van der Waals surface area (Å²) < 4.78 is 0. The summed E-state index contributed by atoms with van der Waals surface area (Å²) in [5.41, 5.74) is 0. The second-order valence-corrected chi connectivity index (χ2v) is 6.11. The predicted octanol–water partition coefficient (Wildman–Crippen LogP) is 2.66. The molecule has 1 aliphatic carbocycles. The Balaban J connectivity index is 2.60. The van der Waals surface area contributed by atoms with Crippen molar-refractivity contribution in [3.8, 4) is 0 Å². The Bertz CT molecular complexity index is 247. The molecule has 3 heteroatoms. The Labute approximate surface area is 112 Å². The SMILES string of the molecule is CNCC(C)C(=O)N(CCC(C)C)C1CCCC1. The minimum absolute atomic E-state index is 0.0998. The van der Waals surface area contributed by atoms with Gasteiger partial charge < -0.3 is 10.2 Å². The molecule has 1 atom stereocenters. The molecule has 0 bridgehead atoms. The normalized spacial score (nSPS) is 18.3. The summed E-state index contributed by atoms with van der Waals surface area (Å²) >= 11 is 0. The van der Waals surface area contributed by atoms with Crippen LogP contribution in [0, 0.1) is 11.8 Å². The second kappa shape index (κ2) is 7.78. The Kier molecular flexibility index (Phi) is 6.69. The monoisotopic (exact) mass is 254 g/mol. The highest BCUT2D eigenvalue weighted by Crippen LogP contribution is 2.25. The van der Waals surface area contributed by atoms with Crippen molar-refractivity contribution in [2.45, 2.75) is 58.9 Å². The summed E-state index contributed by atoms with van der Waals surface area (Å²) in [5.74, 6) is 1.11. The average molecular weight is 254 g/mol. The summed E-state index contributed by atoms with van der Waals surface area (Å²) in [4.78, 5) is 14.7. The van der Waals surface area contributed by atoms with Gasteiger partial charge in [-0.3, -0.25) is 4.79 Å². The maximum Gasteiger partial charge on any atom is 0.226 e. The molecule has 0 aromatic carbocycles. The molecule has 0 radical (unpaired) electrons. The van der Waals surface area contributed by atoms with Gasteiger partial charge in [0.2, 0.25) is 5.91 Å². The maximum atomic E-state index is 12.5. The fourth-order valence-electron chi connectivity index (χ4n) is 2.76. The molecule has 0 saturated heterocycles. The first-order chi connectivity index (χ1) is 8.56. The molecule has 0 aliphatic heterocycles. The van der Waals surface area contributed by atoms with Crippen LogP contribution >= 0.6 is 0 Å². The highest BCUT2D eigenvalue weighted by molar-refractivity contribution is 5.79. The molecular formula is C15H30N2O. The summed E-state index contributed by atoms with van der Waals surface area (Å²) in [6, 6.07) is 0.510. The standard InChI is InChI=1S/C15H30N2O/c1-12(2)9-10-17(14-7-5-6-8-14)15(18)13(3)11-16-4/h12-14,16H,5-11H2,1-4H3. The van der Waals surface area contributed by atoms with Gasteiger partial charge in [0.05, 0.1) is 0 Å². The van der Waals surface area contributed by atoms with Crippen molar-refractivity contribution >= 4 is 5.91 Å². The van der Waals surface area contributed by atoms with Gasteiger partial charge >= 0.3 is 0 Å². The molecular weight excluding hydrogens is 224 g/mol. The predicted molar refractivity (Wildman–Crippen MR) is 76.5 cm³/mol. The molecule has 0 aromatic heterocycles. The van der Waals surface area contributed by atoms with E-state index in [1.54, 1.807) is 0 Å². The lowest BCUT2D eigenvalue weighted by molar-refractivity contribution is -0.137. The Morgan fingerprint density at radius 1 is 1.28 bits per heavy atom. The van der Waals surface area contributed by atoms with Crippen LogP contribution in [0.15, 0.2) is 0 Å². The quantitative estimate of drug-likeness (QED) is 0.757. The van der Waals surface area contributed by atoms with Crippen molar-refractivity contribution in [3.05, 3.63) is 0 Å². The van der Waals surface area contributed by atoms with Gasteiger partial charge in [0.1, 0.15) is 0 Å². The molecule has 1 saturated carbocycles. The average Bonchev–Trinajstić information content (AvgIpc) is 2.82. The van der Waals surface area contributed by atoms with E-state index in [9.17, 15) is 4.79 Å². The fraction of sp³-hybridized carbons (Fsp3) is 0.933. The van der Waals surface area contributed by atoms with Crippen LogP contribution < -0.4 is 5.32 Å². The molecule has 1 N–H and O–H groups in total. The van der Waals surface area contributed by atoms with E-state index >= 15 is 0 Å². The molecule has 1 amide bonds. The molecule has 0 spiro atoms. The van der Waals surface area contributed by atoms with E-state index in [4.69, 9.17) is 0 Å². The van der Waals surface area contributed by atoms with Gasteiger partial charge in [0.15, 0.2) is 0 Å². The lowest BCUT2D eigenvalue weighted by Crippen LogP contribution is -2.44. The molecule has 0 aromatic rings. The van der Waals surface area contributed by atoms with Crippen molar-refractivity contribution in [2.75, 3.05) is 20.1 Å². The molecule has 1 rings (SSSR count). The lowest BCUT2D eigenvalue weighted by Gasteiger charge is -2.32. The minimum atomic E-state index is 0.0998. The number of carbonyl (C=O) groups is 1. The number of carbonyl (C=O) groups excluding carboxylic acids is 1. The van der Waals surface area contributed by atoms with Crippen LogP contribution in [0.5, 0.6) is 0 Å². The third-order valence-corrected chi connectivity index (χ3v) is 3.93. The molecule has 1 aliphatic rings. The van der Waals surface area contributed by atoms with Gasteiger partial charge in [-0.25, -0.2) is 0 Å². The second-order valence-electron chi connectivity index (χ2n) is 6.11. The highest BCUT2D eigenvalue weighted by atomic mass is 16.2. The number of hydrogen-bond donors (Lipinski definition) is 1. The molecule has 3 nitrogen and oxygen atoms in total. The van der Waals surface area contributed by atoms with Crippen LogP contribution in [0.4, 0.5) is 0 Å². The number of amides is 1. The van der Waals surface area contributed by atoms with E-state index in [1.165, 1.54) is 25.7 Å². The van der Waals surface area contributed by atoms with Crippen molar-refractivity contribution in [1.82, 2.24) is 10.2 Å². The van der Waals surface area contributed by atoms with Crippen LogP contribution in [0.1, 0.15) is 52.9 Å².